The fraction of sp³-hybridized carbons (Fsp3) is 0.667. The van der Waals surface area contributed by atoms with E-state index in [0.717, 1.165) is 30.7 Å². The van der Waals surface area contributed by atoms with Gasteiger partial charge in [0.2, 0.25) is 0 Å². The summed E-state index contributed by atoms with van der Waals surface area (Å²) in [5.74, 6) is 0.351. The Balaban J connectivity index is 1.99. The summed E-state index contributed by atoms with van der Waals surface area (Å²) in [7, 11) is -3.47. The SMILES string of the molecule is CCNCCNC(=O)c1ccc(S(=O)(=O)N2CCC(C)CC2)s1. The van der Waals surface area contributed by atoms with Gasteiger partial charge in [-0.3, -0.25) is 4.79 Å². The first-order valence-corrected chi connectivity index (χ1v) is 10.3. The van der Waals surface area contributed by atoms with Crippen LogP contribution in [-0.2, 0) is 10.0 Å². The van der Waals surface area contributed by atoms with Crippen molar-refractivity contribution in [2.75, 3.05) is 32.7 Å². The Bertz CT molecular complexity index is 620. The number of likely N-dealkylation sites (N-methyl/N-ethyl adjacent to an activating group) is 1. The Hall–Kier alpha value is -0.960. The number of nitrogens with one attached hydrogen (secondary N) is 2. The molecule has 8 heteroatoms. The van der Waals surface area contributed by atoms with Crippen molar-refractivity contribution in [1.82, 2.24) is 14.9 Å². The molecule has 0 unspecified atom stereocenters. The van der Waals surface area contributed by atoms with E-state index in [-0.39, 0.29) is 10.1 Å². The largest absolute Gasteiger partial charge is 0.350 e. The van der Waals surface area contributed by atoms with Gasteiger partial charge >= 0.3 is 0 Å². The van der Waals surface area contributed by atoms with Crippen LogP contribution in [0.25, 0.3) is 0 Å². The maximum atomic E-state index is 12.6. The van der Waals surface area contributed by atoms with E-state index in [9.17, 15) is 13.2 Å². The minimum absolute atomic E-state index is 0.221. The first-order valence-electron chi connectivity index (χ1n) is 8.04. The summed E-state index contributed by atoms with van der Waals surface area (Å²) in [6.07, 6.45) is 1.78. The van der Waals surface area contributed by atoms with Crippen molar-refractivity contribution in [1.29, 1.82) is 0 Å². The van der Waals surface area contributed by atoms with Crippen LogP contribution in [-0.4, -0.2) is 51.4 Å². The molecule has 6 nitrogen and oxygen atoms in total. The summed E-state index contributed by atoms with van der Waals surface area (Å²) in [5.41, 5.74) is 0. The first kappa shape index (κ1) is 18.4. The van der Waals surface area contributed by atoms with Crippen LogP contribution in [0, 0.1) is 5.92 Å². The normalized spacial score (nSPS) is 17.3. The average Bonchev–Trinajstić information content (AvgIpc) is 3.02. The zero-order valence-electron chi connectivity index (χ0n) is 13.7. The topological polar surface area (TPSA) is 78.5 Å². The third kappa shape index (κ3) is 4.76. The molecule has 0 saturated carbocycles. The zero-order valence-corrected chi connectivity index (χ0v) is 15.3. The van der Waals surface area contributed by atoms with Gasteiger partial charge in [-0.05, 0) is 37.4 Å². The highest BCUT2D eigenvalue weighted by molar-refractivity contribution is 7.91. The van der Waals surface area contributed by atoms with E-state index in [1.165, 1.54) is 10.4 Å². The van der Waals surface area contributed by atoms with Crippen LogP contribution >= 0.6 is 11.3 Å². The van der Waals surface area contributed by atoms with E-state index in [1.54, 1.807) is 6.07 Å². The Morgan fingerprint density at radius 3 is 2.65 bits per heavy atom. The molecule has 0 spiro atoms. The molecule has 1 aliphatic heterocycles. The Labute approximate surface area is 142 Å². The van der Waals surface area contributed by atoms with Crippen LogP contribution in [0.1, 0.15) is 36.4 Å². The summed E-state index contributed by atoms with van der Waals surface area (Å²) in [4.78, 5) is 12.5. The number of sulfonamides is 1. The molecule has 1 saturated heterocycles. The van der Waals surface area contributed by atoms with Crippen molar-refractivity contribution in [3.05, 3.63) is 17.0 Å². The number of nitrogens with zero attached hydrogens (tertiary/aromatic N) is 1. The molecule has 130 valence electrons. The molecule has 1 amide bonds. The summed E-state index contributed by atoms with van der Waals surface area (Å²) >= 11 is 1.04. The summed E-state index contributed by atoms with van der Waals surface area (Å²) in [5, 5.41) is 5.90. The highest BCUT2D eigenvalue weighted by Gasteiger charge is 2.29. The van der Waals surface area contributed by atoms with Crippen LogP contribution < -0.4 is 10.6 Å². The molecule has 0 radical (unpaired) electrons. The monoisotopic (exact) mass is 359 g/mol. The lowest BCUT2D eigenvalue weighted by Crippen LogP contribution is -2.37. The Morgan fingerprint density at radius 1 is 1.30 bits per heavy atom. The van der Waals surface area contributed by atoms with Crippen molar-refractivity contribution < 1.29 is 13.2 Å². The molecule has 2 N–H and O–H groups in total. The van der Waals surface area contributed by atoms with Crippen molar-refractivity contribution in [2.24, 2.45) is 5.92 Å². The van der Waals surface area contributed by atoms with Crippen LogP contribution in [0.15, 0.2) is 16.3 Å². The Kier molecular flexibility index (Phi) is 6.58. The number of carbonyl (C=O) groups is 1. The number of carbonyl (C=O) groups excluding carboxylic acids is 1. The van der Waals surface area contributed by atoms with Gasteiger partial charge in [0.1, 0.15) is 4.21 Å². The molecular weight excluding hydrogens is 334 g/mol. The molecule has 2 heterocycles. The quantitative estimate of drug-likeness (QED) is 0.724. The molecule has 0 aromatic carbocycles. The van der Waals surface area contributed by atoms with E-state index >= 15 is 0 Å². The third-order valence-electron chi connectivity index (χ3n) is 3.98. The summed E-state index contributed by atoms with van der Waals surface area (Å²) in [6, 6.07) is 3.13. The van der Waals surface area contributed by atoms with Crippen LogP contribution in [0.3, 0.4) is 0 Å². The van der Waals surface area contributed by atoms with Crippen molar-refractivity contribution in [2.45, 2.75) is 30.9 Å². The van der Waals surface area contributed by atoms with E-state index < -0.39 is 10.0 Å². The molecule has 0 aliphatic carbocycles. The number of thiophene rings is 1. The van der Waals surface area contributed by atoms with E-state index in [4.69, 9.17) is 0 Å². The molecular formula is C15H25N3O3S2. The van der Waals surface area contributed by atoms with Crippen LogP contribution in [0.2, 0.25) is 0 Å². The van der Waals surface area contributed by atoms with E-state index in [2.05, 4.69) is 17.6 Å². The lowest BCUT2D eigenvalue weighted by Gasteiger charge is -2.28. The molecule has 1 aliphatic rings. The smallest absolute Gasteiger partial charge is 0.261 e. The predicted octanol–water partition coefficient (Wildman–Crippen LogP) is 1.51. The van der Waals surface area contributed by atoms with Gasteiger partial charge in [0.15, 0.2) is 0 Å². The standard InChI is InChI=1S/C15H25N3O3S2/c1-3-16-8-9-17-15(19)13-4-5-14(22-13)23(20,21)18-10-6-12(2)7-11-18/h4-5,12,16H,3,6-11H2,1-2H3,(H,17,19). The number of amides is 1. The van der Waals surface area contributed by atoms with Gasteiger partial charge in [-0.1, -0.05) is 13.8 Å². The van der Waals surface area contributed by atoms with Gasteiger partial charge < -0.3 is 10.6 Å². The summed E-state index contributed by atoms with van der Waals surface area (Å²) in [6.45, 7) is 7.34. The van der Waals surface area contributed by atoms with Crippen LogP contribution in [0.5, 0.6) is 0 Å². The van der Waals surface area contributed by atoms with Gasteiger partial charge in [-0.25, -0.2) is 8.42 Å². The lowest BCUT2D eigenvalue weighted by atomic mass is 10.0. The lowest BCUT2D eigenvalue weighted by molar-refractivity contribution is 0.0958. The Morgan fingerprint density at radius 2 is 2.00 bits per heavy atom. The fourth-order valence-electron chi connectivity index (χ4n) is 2.46. The molecule has 0 bridgehead atoms. The molecule has 23 heavy (non-hydrogen) atoms. The second-order valence-corrected chi connectivity index (χ2v) is 9.06. The molecule has 1 aromatic rings. The van der Waals surface area contributed by atoms with Gasteiger partial charge in [0.25, 0.3) is 15.9 Å². The maximum Gasteiger partial charge on any atom is 0.261 e. The highest BCUT2D eigenvalue weighted by atomic mass is 32.2. The number of rotatable bonds is 7. The first-order chi connectivity index (χ1) is 10.9. The predicted molar refractivity (Wildman–Crippen MR) is 92.4 cm³/mol. The second-order valence-electron chi connectivity index (χ2n) is 5.81. The second kappa shape index (κ2) is 8.23. The minimum atomic E-state index is -3.47. The molecule has 1 aromatic heterocycles. The van der Waals surface area contributed by atoms with Crippen molar-refractivity contribution in [3.8, 4) is 0 Å². The minimum Gasteiger partial charge on any atom is -0.350 e. The molecule has 0 atom stereocenters. The number of hydrogen-bond donors (Lipinski definition) is 2. The van der Waals surface area contributed by atoms with Gasteiger partial charge in [-0.15, -0.1) is 11.3 Å². The van der Waals surface area contributed by atoms with E-state index in [1.807, 2.05) is 6.92 Å². The third-order valence-corrected chi connectivity index (χ3v) is 7.43. The van der Waals surface area contributed by atoms with Crippen LogP contribution in [0.4, 0.5) is 0 Å². The molecule has 2 rings (SSSR count). The average molecular weight is 360 g/mol. The summed E-state index contributed by atoms with van der Waals surface area (Å²) < 4.78 is 27.0. The van der Waals surface area contributed by atoms with Crippen molar-refractivity contribution >= 4 is 27.3 Å². The molecule has 1 fully saturated rings. The zero-order chi connectivity index (χ0) is 16.9. The highest BCUT2D eigenvalue weighted by Crippen LogP contribution is 2.28. The number of hydrogen-bond acceptors (Lipinski definition) is 5. The number of piperidine rings is 1. The van der Waals surface area contributed by atoms with Gasteiger partial charge in [-0.2, -0.15) is 4.31 Å². The van der Waals surface area contributed by atoms with Gasteiger partial charge in [0, 0.05) is 26.2 Å². The maximum absolute atomic E-state index is 12.6. The fourth-order valence-corrected chi connectivity index (χ4v) is 5.31. The van der Waals surface area contributed by atoms with Gasteiger partial charge in [0.05, 0.1) is 4.88 Å². The van der Waals surface area contributed by atoms with E-state index in [0.29, 0.717) is 37.0 Å². The van der Waals surface area contributed by atoms with Crippen molar-refractivity contribution in [3.63, 3.8) is 0 Å².